The van der Waals surface area contributed by atoms with Crippen LogP contribution in [0.2, 0.25) is 0 Å². The van der Waals surface area contributed by atoms with E-state index in [4.69, 9.17) is 4.74 Å². The van der Waals surface area contributed by atoms with Crippen LogP contribution in [0.25, 0.3) is 0 Å². The largest absolute Gasteiger partial charge is 0.457 e. The second-order valence-electron chi connectivity index (χ2n) is 6.96. The lowest BCUT2D eigenvalue weighted by Gasteiger charge is -2.12. The van der Waals surface area contributed by atoms with Crippen molar-refractivity contribution in [3.05, 3.63) is 89.7 Å². The monoisotopic (exact) mass is 438 g/mol. The highest BCUT2D eigenvalue weighted by Crippen LogP contribution is 2.24. The molecule has 0 aliphatic carbocycles. The number of hydrogen-bond acceptors (Lipinski definition) is 4. The summed E-state index contributed by atoms with van der Waals surface area (Å²) in [6.07, 6.45) is 0. The molecule has 0 heterocycles. The minimum atomic E-state index is -0.317. The first-order valence-corrected chi connectivity index (χ1v) is 10.6. The number of nitrogens with one attached hydrogen (secondary N) is 1. The Hall–Kier alpha value is -3.32. The molecular weight excluding hydrogens is 415 g/mol. The first kappa shape index (κ1) is 22.4. The Morgan fingerprint density at radius 3 is 2.19 bits per heavy atom. The van der Waals surface area contributed by atoms with E-state index in [1.165, 1.54) is 28.8 Å². The SMILES string of the molecule is CN(C)C(=O)CSc1ccccc1C(=O)NCc1ccc(Oc2ccc(F)cc2)cc1. The summed E-state index contributed by atoms with van der Waals surface area (Å²) in [5.41, 5.74) is 1.45. The topological polar surface area (TPSA) is 58.6 Å². The van der Waals surface area contributed by atoms with E-state index in [1.54, 1.807) is 50.5 Å². The van der Waals surface area contributed by atoms with E-state index in [2.05, 4.69) is 5.32 Å². The molecule has 0 atom stereocenters. The number of rotatable bonds is 8. The number of ether oxygens (including phenoxy) is 1. The van der Waals surface area contributed by atoms with Crippen LogP contribution in [0.15, 0.2) is 77.7 Å². The molecule has 0 fully saturated rings. The van der Waals surface area contributed by atoms with Gasteiger partial charge in [0, 0.05) is 25.5 Å². The number of hydrogen-bond donors (Lipinski definition) is 1. The zero-order valence-corrected chi connectivity index (χ0v) is 18.1. The molecule has 31 heavy (non-hydrogen) atoms. The zero-order valence-electron chi connectivity index (χ0n) is 17.3. The van der Waals surface area contributed by atoms with Gasteiger partial charge in [-0.2, -0.15) is 0 Å². The summed E-state index contributed by atoms with van der Waals surface area (Å²) in [7, 11) is 3.41. The van der Waals surface area contributed by atoms with Crippen LogP contribution in [0.5, 0.6) is 11.5 Å². The van der Waals surface area contributed by atoms with E-state index in [1.807, 2.05) is 24.3 Å². The number of amides is 2. The van der Waals surface area contributed by atoms with Gasteiger partial charge in [-0.15, -0.1) is 11.8 Å². The van der Waals surface area contributed by atoms with Crippen molar-refractivity contribution in [3.63, 3.8) is 0 Å². The van der Waals surface area contributed by atoms with E-state index >= 15 is 0 Å². The van der Waals surface area contributed by atoms with Crippen LogP contribution in [0.1, 0.15) is 15.9 Å². The number of thioether (sulfide) groups is 1. The highest BCUT2D eigenvalue weighted by atomic mass is 32.2. The Morgan fingerprint density at radius 1 is 0.935 bits per heavy atom. The summed E-state index contributed by atoms with van der Waals surface area (Å²) in [5.74, 6) is 0.906. The number of carbonyl (C=O) groups excluding carboxylic acids is 2. The third-order valence-electron chi connectivity index (χ3n) is 4.41. The van der Waals surface area contributed by atoms with Crippen molar-refractivity contribution in [3.8, 4) is 11.5 Å². The van der Waals surface area contributed by atoms with Crippen LogP contribution in [0.3, 0.4) is 0 Å². The molecular formula is C24H23FN2O3S. The van der Waals surface area contributed by atoms with E-state index in [0.717, 1.165) is 10.5 Å². The summed E-state index contributed by atoms with van der Waals surface area (Å²) in [6.45, 7) is 0.352. The molecule has 3 rings (SSSR count). The summed E-state index contributed by atoms with van der Waals surface area (Å²) in [5, 5.41) is 2.91. The number of nitrogens with zero attached hydrogens (tertiary/aromatic N) is 1. The second-order valence-corrected chi connectivity index (χ2v) is 7.97. The molecule has 0 aliphatic heterocycles. The Morgan fingerprint density at radius 2 is 1.55 bits per heavy atom. The third-order valence-corrected chi connectivity index (χ3v) is 5.47. The molecule has 0 aliphatic rings. The molecule has 7 heteroatoms. The van der Waals surface area contributed by atoms with Crippen molar-refractivity contribution in [2.45, 2.75) is 11.4 Å². The molecule has 1 N–H and O–H groups in total. The van der Waals surface area contributed by atoms with Crippen LogP contribution in [-0.4, -0.2) is 36.6 Å². The second kappa shape index (κ2) is 10.6. The number of halogens is 1. The Balaban J connectivity index is 1.57. The normalized spacial score (nSPS) is 10.4. The van der Waals surface area contributed by atoms with Crippen molar-refractivity contribution < 1.29 is 18.7 Å². The van der Waals surface area contributed by atoms with Crippen molar-refractivity contribution in [1.82, 2.24) is 10.2 Å². The van der Waals surface area contributed by atoms with Gasteiger partial charge < -0.3 is 15.0 Å². The van der Waals surface area contributed by atoms with Crippen molar-refractivity contribution in [2.24, 2.45) is 0 Å². The van der Waals surface area contributed by atoms with Crippen LogP contribution >= 0.6 is 11.8 Å². The average Bonchev–Trinajstić information content (AvgIpc) is 2.78. The van der Waals surface area contributed by atoms with E-state index in [0.29, 0.717) is 23.6 Å². The van der Waals surface area contributed by atoms with Crippen LogP contribution < -0.4 is 10.1 Å². The molecule has 0 bridgehead atoms. The average molecular weight is 439 g/mol. The summed E-state index contributed by atoms with van der Waals surface area (Å²) >= 11 is 1.35. The van der Waals surface area contributed by atoms with E-state index in [9.17, 15) is 14.0 Å². The molecule has 0 saturated carbocycles. The molecule has 0 aromatic heterocycles. The van der Waals surface area contributed by atoms with Gasteiger partial charge in [-0.05, 0) is 54.1 Å². The van der Waals surface area contributed by atoms with Gasteiger partial charge in [0.1, 0.15) is 17.3 Å². The predicted octanol–water partition coefficient (Wildman–Crippen LogP) is 4.73. The highest BCUT2D eigenvalue weighted by Gasteiger charge is 2.13. The summed E-state index contributed by atoms with van der Waals surface area (Å²) in [6, 6.07) is 20.3. The summed E-state index contributed by atoms with van der Waals surface area (Å²) < 4.78 is 18.7. The first-order valence-electron chi connectivity index (χ1n) is 9.65. The Kier molecular flexibility index (Phi) is 7.67. The van der Waals surface area contributed by atoms with Gasteiger partial charge in [0.25, 0.3) is 5.91 Å². The van der Waals surface area contributed by atoms with Crippen LogP contribution in [-0.2, 0) is 11.3 Å². The minimum absolute atomic E-state index is 0.0110. The molecule has 5 nitrogen and oxygen atoms in total. The quantitative estimate of drug-likeness (QED) is 0.517. The fourth-order valence-electron chi connectivity index (χ4n) is 2.64. The smallest absolute Gasteiger partial charge is 0.252 e. The van der Waals surface area contributed by atoms with E-state index < -0.39 is 0 Å². The van der Waals surface area contributed by atoms with Crippen LogP contribution in [0.4, 0.5) is 4.39 Å². The fraction of sp³-hybridized carbons (Fsp3) is 0.167. The van der Waals surface area contributed by atoms with Crippen LogP contribution in [0, 0.1) is 5.82 Å². The third kappa shape index (κ3) is 6.58. The Labute approximate surface area is 185 Å². The summed E-state index contributed by atoms with van der Waals surface area (Å²) in [4.78, 5) is 26.8. The van der Waals surface area contributed by atoms with Gasteiger partial charge in [-0.3, -0.25) is 9.59 Å². The van der Waals surface area contributed by atoms with Gasteiger partial charge >= 0.3 is 0 Å². The van der Waals surface area contributed by atoms with Gasteiger partial charge in [-0.1, -0.05) is 24.3 Å². The maximum atomic E-state index is 13.0. The maximum absolute atomic E-state index is 13.0. The van der Waals surface area contributed by atoms with Gasteiger partial charge in [0.05, 0.1) is 11.3 Å². The molecule has 0 saturated heterocycles. The highest BCUT2D eigenvalue weighted by molar-refractivity contribution is 8.00. The molecule has 0 unspecified atom stereocenters. The molecule has 160 valence electrons. The zero-order chi connectivity index (χ0) is 22.2. The fourth-order valence-corrected chi connectivity index (χ4v) is 3.67. The lowest BCUT2D eigenvalue weighted by Crippen LogP contribution is -2.25. The number of carbonyl (C=O) groups is 2. The van der Waals surface area contributed by atoms with Gasteiger partial charge in [0.15, 0.2) is 0 Å². The van der Waals surface area contributed by atoms with Crippen molar-refractivity contribution in [1.29, 1.82) is 0 Å². The number of benzene rings is 3. The maximum Gasteiger partial charge on any atom is 0.252 e. The lowest BCUT2D eigenvalue weighted by molar-refractivity contribution is -0.125. The molecule has 3 aromatic rings. The lowest BCUT2D eigenvalue weighted by atomic mass is 10.2. The van der Waals surface area contributed by atoms with Gasteiger partial charge in [-0.25, -0.2) is 4.39 Å². The standard InChI is InChI=1S/C24H23FN2O3S/c1-27(2)23(28)16-31-22-6-4-3-5-21(22)24(29)26-15-17-7-11-19(12-8-17)30-20-13-9-18(25)10-14-20/h3-14H,15-16H2,1-2H3,(H,26,29). The molecule has 2 amide bonds. The molecule has 0 spiro atoms. The van der Waals surface area contributed by atoms with Gasteiger partial charge in [0.2, 0.25) is 5.91 Å². The molecule has 0 radical (unpaired) electrons. The predicted molar refractivity (Wildman–Crippen MR) is 120 cm³/mol. The Bertz CT molecular complexity index is 1040. The molecule has 3 aromatic carbocycles. The van der Waals surface area contributed by atoms with Crippen molar-refractivity contribution in [2.75, 3.05) is 19.8 Å². The van der Waals surface area contributed by atoms with E-state index in [-0.39, 0.29) is 23.4 Å². The van der Waals surface area contributed by atoms with Crippen molar-refractivity contribution >= 4 is 23.6 Å². The minimum Gasteiger partial charge on any atom is -0.457 e. The first-order chi connectivity index (χ1) is 14.9.